The van der Waals surface area contributed by atoms with Gasteiger partial charge in [0, 0.05) is 19.0 Å². The number of hydrogen-bond acceptors (Lipinski definition) is 4. The number of alkyl carbamates (subject to hydrolysis) is 1. The number of ether oxygens (including phenoxy) is 1. The van der Waals surface area contributed by atoms with Crippen LogP contribution < -0.4 is 10.6 Å². The van der Waals surface area contributed by atoms with Crippen LogP contribution in [0.2, 0.25) is 0 Å². The first-order valence-corrected chi connectivity index (χ1v) is 7.30. The summed E-state index contributed by atoms with van der Waals surface area (Å²) in [6.07, 6.45) is 1.84. The van der Waals surface area contributed by atoms with Gasteiger partial charge in [0.1, 0.15) is 12.1 Å². The van der Waals surface area contributed by atoms with E-state index in [1.807, 2.05) is 4.90 Å². The summed E-state index contributed by atoms with van der Waals surface area (Å²) in [5.74, 6) is -0.209. The fourth-order valence-corrected chi connectivity index (χ4v) is 2.31. The zero-order valence-electron chi connectivity index (χ0n) is 12.8. The van der Waals surface area contributed by atoms with Crippen molar-refractivity contribution in [3.63, 3.8) is 0 Å². The molecule has 1 heterocycles. The zero-order chi connectivity index (χ0) is 15.6. The molecule has 1 atom stereocenters. The maximum atomic E-state index is 11.8. The summed E-state index contributed by atoms with van der Waals surface area (Å²) in [5, 5.41) is 5.17. The van der Waals surface area contributed by atoms with E-state index in [2.05, 4.69) is 10.6 Å². The van der Waals surface area contributed by atoms with Crippen LogP contribution >= 0.6 is 0 Å². The quantitative estimate of drug-likeness (QED) is 0.786. The molecule has 118 valence electrons. The van der Waals surface area contributed by atoms with Gasteiger partial charge in [0.25, 0.3) is 0 Å². The molecule has 21 heavy (non-hydrogen) atoms. The highest BCUT2D eigenvalue weighted by Gasteiger charge is 2.39. The van der Waals surface area contributed by atoms with Crippen molar-refractivity contribution < 1.29 is 19.1 Å². The molecule has 2 aliphatic rings. The molecule has 7 heteroatoms. The second-order valence-corrected chi connectivity index (χ2v) is 6.60. The molecular weight excluding hydrogens is 274 g/mol. The Morgan fingerprint density at radius 3 is 2.57 bits per heavy atom. The largest absolute Gasteiger partial charge is 0.444 e. The number of hydrogen-bond donors (Lipinski definition) is 2. The molecule has 1 saturated heterocycles. The number of amides is 3. The van der Waals surface area contributed by atoms with E-state index >= 15 is 0 Å². The average molecular weight is 297 g/mol. The first-order chi connectivity index (χ1) is 9.74. The maximum absolute atomic E-state index is 11.8. The van der Waals surface area contributed by atoms with Gasteiger partial charge in [-0.1, -0.05) is 0 Å². The minimum atomic E-state index is -0.625. The lowest BCUT2D eigenvalue weighted by Gasteiger charge is -2.20. The van der Waals surface area contributed by atoms with Crippen LogP contribution in [0.15, 0.2) is 0 Å². The monoisotopic (exact) mass is 297 g/mol. The number of likely N-dealkylation sites (tertiary alicyclic amines) is 1. The Morgan fingerprint density at radius 2 is 2.00 bits per heavy atom. The maximum Gasteiger partial charge on any atom is 0.408 e. The lowest BCUT2D eigenvalue weighted by molar-refractivity contribution is -0.128. The Bertz CT molecular complexity index is 440. The van der Waals surface area contributed by atoms with E-state index in [-0.39, 0.29) is 24.4 Å². The Kier molecular flexibility index (Phi) is 4.39. The first kappa shape index (κ1) is 15.6. The van der Waals surface area contributed by atoms with E-state index in [1.54, 1.807) is 20.8 Å². The molecule has 0 aromatic heterocycles. The van der Waals surface area contributed by atoms with Crippen LogP contribution in [0.4, 0.5) is 4.79 Å². The summed E-state index contributed by atoms with van der Waals surface area (Å²) in [7, 11) is 0. The second-order valence-electron chi connectivity index (χ2n) is 6.60. The second kappa shape index (κ2) is 5.91. The van der Waals surface area contributed by atoms with Crippen molar-refractivity contribution in [2.24, 2.45) is 0 Å². The number of carbonyl (C=O) groups excluding carboxylic acids is 3. The number of nitrogens with zero attached hydrogens (tertiary/aromatic N) is 1. The van der Waals surface area contributed by atoms with E-state index in [9.17, 15) is 14.4 Å². The van der Waals surface area contributed by atoms with Crippen molar-refractivity contribution in [1.82, 2.24) is 15.5 Å². The molecule has 1 aliphatic heterocycles. The molecule has 7 nitrogen and oxygen atoms in total. The fourth-order valence-electron chi connectivity index (χ4n) is 2.31. The topological polar surface area (TPSA) is 87.7 Å². The smallest absolute Gasteiger partial charge is 0.408 e. The van der Waals surface area contributed by atoms with Crippen molar-refractivity contribution in [2.75, 3.05) is 13.1 Å². The van der Waals surface area contributed by atoms with Gasteiger partial charge in [-0.2, -0.15) is 0 Å². The SMILES string of the molecule is CC(C)(C)OC(=O)NCC(=O)NC1CC(=O)N(C2CC2)C1. The Hall–Kier alpha value is -1.79. The zero-order valence-corrected chi connectivity index (χ0v) is 12.8. The Balaban J connectivity index is 1.68. The van der Waals surface area contributed by atoms with Crippen LogP contribution in [0.5, 0.6) is 0 Å². The van der Waals surface area contributed by atoms with Gasteiger partial charge in [0.2, 0.25) is 11.8 Å². The minimum absolute atomic E-state index is 0.0999. The van der Waals surface area contributed by atoms with Crippen LogP contribution in [-0.2, 0) is 14.3 Å². The molecule has 1 unspecified atom stereocenters. The van der Waals surface area contributed by atoms with E-state index in [0.29, 0.717) is 19.0 Å². The molecule has 0 spiro atoms. The third kappa shape index (κ3) is 4.91. The van der Waals surface area contributed by atoms with E-state index < -0.39 is 11.7 Å². The van der Waals surface area contributed by atoms with Gasteiger partial charge < -0.3 is 20.3 Å². The Morgan fingerprint density at radius 1 is 1.33 bits per heavy atom. The third-order valence-corrected chi connectivity index (χ3v) is 3.30. The summed E-state index contributed by atoms with van der Waals surface area (Å²) in [6, 6.07) is 0.213. The summed E-state index contributed by atoms with van der Waals surface area (Å²) in [6.45, 7) is 5.68. The molecule has 0 aromatic carbocycles. The van der Waals surface area contributed by atoms with Crippen LogP contribution in [0.3, 0.4) is 0 Å². The van der Waals surface area contributed by atoms with Crippen LogP contribution in [0.25, 0.3) is 0 Å². The van der Waals surface area contributed by atoms with Crippen molar-refractivity contribution in [3.05, 3.63) is 0 Å². The summed E-state index contributed by atoms with van der Waals surface area (Å²) in [4.78, 5) is 36.8. The van der Waals surface area contributed by atoms with E-state index in [4.69, 9.17) is 4.74 Å². The predicted molar refractivity (Wildman–Crippen MR) is 75.5 cm³/mol. The third-order valence-electron chi connectivity index (χ3n) is 3.30. The molecule has 3 amide bonds. The molecule has 0 bridgehead atoms. The van der Waals surface area contributed by atoms with Gasteiger partial charge in [0.15, 0.2) is 0 Å². The summed E-state index contributed by atoms with van der Waals surface area (Å²) in [5.41, 5.74) is -0.594. The van der Waals surface area contributed by atoms with Gasteiger partial charge in [-0.25, -0.2) is 4.79 Å². The van der Waals surface area contributed by atoms with Crippen molar-refractivity contribution in [2.45, 2.75) is 57.7 Å². The highest BCUT2D eigenvalue weighted by molar-refractivity contribution is 5.85. The van der Waals surface area contributed by atoms with Gasteiger partial charge in [-0.05, 0) is 33.6 Å². The highest BCUT2D eigenvalue weighted by atomic mass is 16.6. The molecule has 2 N–H and O–H groups in total. The summed E-state index contributed by atoms with van der Waals surface area (Å²) >= 11 is 0. The van der Waals surface area contributed by atoms with Crippen LogP contribution in [-0.4, -0.2) is 53.6 Å². The first-order valence-electron chi connectivity index (χ1n) is 7.30. The average Bonchev–Trinajstić information content (AvgIpc) is 3.10. The number of carbonyl (C=O) groups is 3. The van der Waals surface area contributed by atoms with Crippen LogP contribution in [0.1, 0.15) is 40.0 Å². The normalized spacial score (nSPS) is 22.1. The van der Waals surface area contributed by atoms with Crippen molar-refractivity contribution in [3.8, 4) is 0 Å². The lowest BCUT2D eigenvalue weighted by atomic mass is 10.2. The van der Waals surface area contributed by atoms with Crippen molar-refractivity contribution in [1.29, 1.82) is 0 Å². The molecule has 2 fully saturated rings. The lowest BCUT2D eigenvalue weighted by Crippen LogP contribution is -2.44. The molecule has 1 saturated carbocycles. The van der Waals surface area contributed by atoms with E-state index in [0.717, 1.165) is 12.8 Å². The molecular formula is C14H23N3O4. The van der Waals surface area contributed by atoms with Gasteiger partial charge >= 0.3 is 6.09 Å². The number of rotatable bonds is 4. The van der Waals surface area contributed by atoms with Crippen LogP contribution in [0, 0.1) is 0 Å². The predicted octanol–water partition coefficient (Wildman–Crippen LogP) is 0.391. The minimum Gasteiger partial charge on any atom is -0.444 e. The molecule has 1 aliphatic carbocycles. The van der Waals surface area contributed by atoms with Crippen molar-refractivity contribution >= 4 is 17.9 Å². The molecule has 2 rings (SSSR count). The van der Waals surface area contributed by atoms with Gasteiger partial charge in [0.05, 0.1) is 6.04 Å². The van der Waals surface area contributed by atoms with Gasteiger partial charge in [-0.15, -0.1) is 0 Å². The molecule has 0 aromatic rings. The molecule has 0 radical (unpaired) electrons. The van der Waals surface area contributed by atoms with Gasteiger partial charge in [-0.3, -0.25) is 9.59 Å². The standard InChI is InChI=1S/C14H23N3O4/c1-14(2,3)21-13(20)15-7-11(18)16-9-6-12(19)17(8-9)10-4-5-10/h9-10H,4-8H2,1-3H3,(H,15,20)(H,16,18). The number of nitrogens with one attached hydrogen (secondary N) is 2. The fraction of sp³-hybridized carbons (Fsp3) is 0.786. The Labute approximate surface area is 124 Å². The van der Waals surface area contributed by atoms with E-state index in [1.165, 1.54) is 0 Å². The highest BCUT2D eigenvalue weighted by Crippen LogP contribution is 2.30. The summed E-state index contributed by atoms with van der Waals surface area (Å²) < 4.78 is 5.04.